The fraction of sp³-hybridized carbons (Fsp3) is 0.364. The number of carbonyl (C=O) groups is 1. The number of sulfonamides is 1. The van der Waals surface area contributed by atoms with E-state index in [1.807, 2.05) is 0 Å². The molecule has 1 aromatic rings. The topological polar surface area (TPSA) is 107 Å². The van der Waals surface area contributed by atoms with E-state index in [1.165, 1.54) is 6.92 Å². The molecule has 0 aliphatic heterocycles. The quantitative estimate of drug-likeness (QED) is 0.445. The van der Waals surface area contributed by atoms with Crippen LogP contribution in [-0.4, -0.2) is 64.1 Å². The normalized spacial score (nSPS) is 13.5. The molecule has 7 nitrogen and oxygen atoms in total. The van der Waals surface area contributed by atoms with E-state index in [9.17, 15) is 34.8 Å². The molecule has 0 unspecified atom stereocenters. The Balaban J connectivity index is 0.00000529. The molecule has 0 spiro atoms. The zero-order valence-electron chi connectivity index (χ0n) is 12.8. The first kappa shape index (κ1) is 23.2. The Kier molecular flexibility index (Phi) is 7.76. The molecule has 0 aliphatic carbocycles. The van der Waals surface area contributed by atoms with Crippen LogP contribution in [0.3, 0.4) is 0 Å². The van der Waals surface area contributed by atoms with Gasteiger partial charge in [-0.25, -0.2) is 8.42 Å². The first-order chi connectivity index (χ1) is 10.2. The van der Waals surface area contributed by atoms with Crippen LogP contribution in [0.2, 0.25) is 0 Å². The summed E-state index contributed by atoms with van der Waals surface area (Å²) in [4.78, 5) is 11.6. The summed E-state index contributed by atoms with van der Waals surface area (Å²) >= 11 is 0. The maximum Gasteiger partial charge on any atom is 0.534 e. The molecule has 0 saturated carbocycles. The summed E-state index contributed by atoms with van der Waals surface area (Å²) in [5.74, 6) is -2.37. The Labute approximate surface area is 159 Å². The maximum atomic E-state index is 12.2. The van der Waals surface area contributed by atoms with Crippen LogP contribution in [-0.2, 0) is 24.9 Å². The minimum Gasteiger partial charge on any atom is -0.376 e. The zero-order chi connectivity index (χ0) is 18.1. The van der Waals surface area contributed by atoms with Gasteiger partial charge in [-0.15, -0.1) is 0 Å². The molecule has 131 valence electrons. The molecule has 0 bridgehead atoms. The predicted octanol–water partition coefficient (Wildman–Crippen LogP) is 0.714. The van der Waals surface area contributed by atoms with Crippen LogP contribution in [0.25, 0.3) is 0 Å². The molecule has 24 heavy (non-hydrogen) atoms. The Morgan fingerprint density at radius 3 is 1.96 bits per heavy atom. The summed E-state index contributed by atoms with van der Waals surface area (Å²) in [6.07, 6.45) is 0.788. The van der Waals surface area contributed by atoms with Gasteiger partial charge in [0.05, 0.1) is 12.2 Å². The van der Waals surface area contributed by atoms with Crippen LogP contribution in [0, 0.1) is 0 Å². The van der Waals surface area contributed by atoms with Crippen LogP contribution < -0.4 is 8.91 Å². The summed E-state index contributed by atoms with van der Waals surface area (Å²) in [6, 6.07) is 4.13. The minimum atomic E-state index is -5.78. The van der Waals surface area contributed by atoms with E-state index < -0.39 is 43.2 Å². The summed E-state index contributed by atoms with van der Waals surface area (Å²) in [5.41, 5.74) is -5.31. The van der Waals surface area contributed by atoms with E-state index >= 15 is 0 Å². The van der Waals surface area contributed by atoms with Gasteiger partial charge in [-0.3, -0.25) is 9.52 Å². The van der Waals surface area contributed by atoms with Gasteiger partial charge in [0.1, 0.15) is 5.75 Å². The summed E-state index contributed by atoms with van der Waals surface area (Å²) in [6.45, 7) is 1.36. The molecule has 1 rings (SSSR count). The summed E-state index contributed by atoms with van der Waals surface area (Å²) < 4.78 is 85.7. The second-order valence-electron chi connectivity index (χ2n) is 4.51. The molecular formula is C11H12F3NNaO6S2. The van der Waals surface area contributed by atoms with Gasteiger partial charge in [0.25, 0.3) is 0 Å². The van der Waals surface area contributed by atoms with E-state index in [-0.39, 0.29) is 35.1 Å². The number of benzene rings is 1. The second-order valence-corrected chi connectivity index (χ2v) is 7.80. The third kappa shape index (κ3) is 6.59. The predicted molar refractivity (Wildman–Crippen MR) is 79.2 cm³/mol. The average molecular weight is 398 g/mol. The third-order valence-corrected chi connectivity index (χ3v) is 4.10. The van der Waals surface area contributed by atoms with Crippen molar-refractivity contribution in [3.8, 4) is 5.75 Å². The van der Waals surface area contributed by atoms with Crippen LogP contribution in [0.15, 0.2) is 24.3 Å². The van der Waals surface area contributed by atoms with Crippen molar-refractivity contribution < 1.29 is 39.0 Å². The summed E-state index contributed by atoms with van der Waals surface area (Å²) in [7, 11) is -9.54. The Morgan fingerprint density at radius 1 is 1.12 bits per heavy atom. The van der Waals surface area contributed by atoms with Crippen LogP contribution >= 0.6 is 0 Å². The molecule has 1 atom stereocenters. The number of carbonyl (C=O) groups excluding carboxylic acids is 1. The number of nitrogens with one attached hydrogen (secondary N) is 1. The number of alkyl halides is 3. The summed E-state index contributed by atoms with van der Waals surface area (Å²) in [5, 5.41) is 0. The number of hydrogen-bond donors (Lipinski definition) is 1. The number of rotatable bonds is 5. The second kappa shape index (κ2) is 8.04. The fourth-order valence-corrected chi connectivity index (χ4v) is 2.41. The van der Waals surface area contributed by atoms with E-state index in [0.29, 0.717) is 0 Å². The largest absolute Gasteiger partial charge is 0.534 e. The fourth-order valence-electron chi connectivity index (χ4n) is 1.41. The van der Waals surface area contributed by atoms with Crippen LogP contribution in [0.4, 0.5) is 13.2 Å². The molecule has 13 heteroatoms. The maximum absolute atomic E-state index is 12.2. The van der Waals surface area contributed by atoms with Gasteiger partial charge < -0.3 is 4.18 Å². The van der Waals surface area contributed by atoms with Crippen molar-refractivity contribution in [2.24, 2.45) is 0 Å². The van der Waals surface area contributed by atoms with Crippen LogP contribution in [0.1, 0.15) is 18.4 Å². The van der Waals surface area contributed by atoms with Gasteiger partial charge in [0.2, 0.25) is 15.9 Å². The van der Waals surface area contributed by atoms with Gasteiger partial charge in [-0.1, -0.05) is 12.1 Å². The first-order valence-corrected chi connectivity index (χ1v) is 9.15. The van der Waals surface area contributed by atoms with Crippen LogP contribution in [0.5, 0.6) is 5.75 Å². The van der Waals surface area contributed by atoms with E-state index in [2.05, 4.69) is 4.18 Å². The molecule has 0 aliphatic rings. The molecule has 0 aromatic heterocycles. The van der Waals surface area contributed by atoms with Crippen molar-refractivity contribution in [1.82, 2.24) is 4.72 Å². The van der Waals surface area contributed by atoms with Crippen molar-refractivity contribution in [2.75, 3.05) is 6.26 Å². The molecule has 0 saturated heterocycles. The zero-order valence-corrected chi connectivity index (χ0v) is 16.4. The average Bonchev–Trinajstić information content (AvgIpc) is 2.35. The SMILES string of the molecule is C[C@@H](C(=O)NS(C)(=O)=O)c1ccc(OS(=O)(=O)C(F)(F)F)cc1.[Na]. The molecular weight excluding hydrogens is 386 g/mol. The van der Waals surface area contributed by atoms with E-state index in [1.54, 1.807) is 4.72 Å². The van der Waals surface area contributed by atoms with Gasteiger partial charge in [0, 0.05) is 29.6 Å². The molecule has 1 aromatic carbocycles. The molecule has 0 fully saturated rings. The molecule has 1 radical (unpaired) electrons. The standard InChI is InChI=1S/C11H12F3NO6S2.Na/c1-7(10(16)15-22(2,17)18)8-3-5-9(6-4-8)21-23(19,20)11(12,13)14;/h3-7H,1-2H3,(H,15,16);/t7-;/m1./s1. The number of hydrogen-bond acceptors (Lipinski definition) is 6. The van der Waals surface area contributed by atoms with Gasteiger partial charge in [-0.2, -0.15) is 21.6 Å². The minimum absolute atomic E-state index is 0. The molecule has 0 heterocycles. The Bertz CT molecular complexity index is 790. The molecule has 1 amide bonds. The monoisotopic (exact) mass is 398 g/mol. The van der Waals surface area contributed by atoms with Gasteiger partial charge in [0.15, 0.2) is 0 Å². The van der Waals surface area contributed by atoms with Crippen molar-refractivity contribution >= 4 is 55.6 Å². The van der Waals surface area contributed by atoms with Gasteiger partial charge >= 0.3 is 15.6 Å². The third-order valence-electron chi connectivity index (χ3n) is 2.55. The van der Waals surface area contributed by atoms with E-state index in [0.717, 1.165) is 30.5 Å². The Morgan fingerprint density at radius 2 is 1.58 bits per heavy atom. The van der Waals surface area contributed by atoms with Crippen molar-refractivity contribution in [3.05, 3.63) is 29.8 Å². The van der Waals surface area contributed by atoms with E-state index in [4.69, 9.17) is 0 Å². The first-order valence-electron chi connectivity index (χ1n) is 5.85. The van der Waals surface area contributed by atoms with Crippen molar-refractivity contribution in [1.29, 1.82) is 0 Å². The van der Waals surface area contributed by atoms with Crippen molar-refractivity contribution in [3.63, 3.8) is 0 Å². The van der Waals surface area contributed by atoms with Crippen molar-refractivity contribution in [2.45, 2.75) is 18.3 Å². The van der Waals surface area contributed by atoms with Gasteiger partial charge in [-0.05, 0) is 24.6 Å². The molecule has 1 N–H and O–H groups in total. The number of halogens is 3. The number of amides is 1. The smallest absolute Gasteiger partial charge is 0.376 e. The Hall–Kier alpha value is -0.820.